The monoisotopic (exact) mass is 162 g/mol. The maximum Gasteiger partial charge on any atom is 0.107 e. The van der Waals surface area contributed by atoms with E-state index in [9.17, 15) is 10.2 Å². The Morgan fingerprint density at radius 2 is 2.00 bits per heavy atom. The first-order valence-corrected chi connectivity index (χ1v) is 3.77. The molecule has 66 valence electrons. The van der Waals surface area contributed by atoms with Crippen LogP contribution < -0.4 is 0 Å². The molecule has 1 saturated heterocycles. The van der Waals surface area contributed by atoms with Crippen molar-refractivity contribution < 1.29 is 20.1 Å². The van der Waals surface area contributed by atoms with E-state index < -0.39 is 18.3 Å². The lowest BCUT2D eigenvalue weighted by molar-refractivity contribution is -0.173. The van der Waals surface area contributed by atoms with E-state index in [-0.39, 0.29) is 19.1 Å². The molecule has 1 rings (SSSR count). The highest BCUT2D eigenvalue weighted by atomic mass is 16.5. The largest absolute Gasteiger partial charge is 0.394 e. The van der Waals surface area contributed by atoms with E-state index in [1.807, 2.05) is 0 Å². The number of hydrogen-bond acceptors (Lipinski definition) is 4. The van der Waals surface area contributed by atoms with Crippen LogP contribution in [0.4, 0.5) is 0 Å². The lowest BCUT2D eigenvalue weighted by atomic mass is 10.00. The topological polar surface area (TPSA) is 69.9 Å². The van der Waals surface area contributed by atoms with E-state index in [1.165, 1.54) is 0 Å². The Hall–Kier alpha value is -0.160. The lowest BCUT2D eigenvalue weighted by Crippen LogP contribution is -2.47. The summed E-state index contributed by atoms with van der Waals surface area (Å²) in [6.45, 7) is 1.53. The van der Waals surface area contributed by atoms with Gasteiger partial charge in [0.1, 0.15) is 6.10 Å². The molecule has 0 amide bonds. The van der Waals surface area contributed by atoms with Gasteiger partial charge in [-0.3, -0.25) is 0 Å². The summed E-state index contributed by atoms with van der Waals surface area (Å²) in [5, 5.41) is 27.1. The van der Waals surface area contributed by atoms with Crippen LogP contribution in [0.1, 0.15) is 13.3 Å². The second-order valence-electron chi connectivity index (χ2n) is 2.93. The van der Waals surface area contributed by atoms with Crippen LogP contribution in [-0.4, -0.2) is 46.3 Å². The van der Waals surface area contributed by atoms with Crippen LogP contribution >= 0.6 is 0 Å². The van der Waals surface area contributed by atoms with Gasteiger partial charge >= 0.3 is 0 Å². The van der Waals surface area contributed by atoms with Crippen molar-refractivity contribution in [3.05, 3.63) is 0 Å². The zero-order valence-electron chi connectivity index (χ0n) is 6.47. The summed E-state index contributed by atoms with van der Waals surface area (Å²) >= 11 is 0. The van der Waals surface area contributed by atoms with Gasteiger partial charge in [-0.2, -0.15) is 0 Å². The second-order valence-corrected chi connectivity index (χ2v) is 2.93. The van der Waals surface area contributed by atoms with Gasteiger partial charge < -0.3 is 20.1 Å². The molecule has 1 aliphatic rings. The zero-order chi connectivity index (χ0) is 8.43. The van der Waals surface area contributed by atoms with Gasteiger partial charge in [0.2, 0.25) is 0 Å². The van der Waals surface area contributed by atoms with Crippen molar-refractivity contribution in [2.24, 2.45) is 0 Å². The number of aliphatic hydroxyl groups is 3. The predicted molar refractivity (Wildman–Crippen MR) is 38.1 cm³/mol. The summed E-state index contributed by atoms with van der Waals surface area (Å²) in [4.78, 5) is 0. The first kappa shape index (κ1) is 8.93. The highest BCUT2D eigenvalue weighted by Crippen LogP contribution is 2.19. The van der Waals surface area contributed by atoms with Gasteiger partial charge in [0.05, 0.1) is 24.9 Å². The smallest absolute Gasteiger partial charge is 0.107 e. The number of ether oxygens (including phenoxy) is 1. The Morgan fingerprint density at radius 3 is 2.55 bits per heavy atom. The minimum atomic E-state index is -0.744. The SMILES string of the molecule is C[C@@H]1OC(CO)[C@H](O)CC1O. The van der Waals surface area contributed by atoms with Crippen molar-refractivity contribution >= 4 is 0 Å². The normalized spacial score (nSPS) is 45.8. The molecule has 1 aliphatic heterocycles. The zero-order valence-corrected chi connectivity index (χ0v) is 6.47. The molecule has 4 atom stereocenters. The van der Waals surface area contributed by atoms with Crippen LogP contribution in [0.25, 0.3) is 0 Å². The maximum atomic E-state index is 9.21. The fourth-order valence-electron chi connectivity index (χ4n) is 1.21. The average Bonchev–Trinajstić information content (AvgIpc) is 1.97. The summed E-state index contributed by atoms with van der Waals surface area (Å²) in [7, 11) is 0. The average molecular weight is 162 g/mol. The minimum Gasteiger partial charge on any atom is -0.394 e. The molecule has 4 heteroatoms. The molecule has 0 saturated carbocycles. The Balaban J connectivity index is 2.48. The first-order chi connectivity index (χ1) is 5.15. The molecule has 0 bridgehead atoms. The molecular formula is C7H14O4. The predicted octanol–water partition coefficient (Wildman–Crippen LogP) is -1.12. The Bertz CT molecular complexity index is 128. The van der Waals surface area contributed by atoms with Crippen molar-refractivity contribution in [1.82, 2.24) is 0 Å². The summed E-state index contributed by atoms with van der Waals surface area (Å²) < 4.78 is 5.11. The molecule has 0 aromatic heterocycles. The molecule has 0 aromatic rings. The molecule has 0 radical (unpaired) electrons. The van der Waals surface area contributed by atoms with E-state index in [2.05, 4.69) is 0 Å². The highest BCUT2D eigenvalue weighted by molar-refractivity contribution is 4.81. The fraction of sp³-hybridized carbons (Fsp3) is 1.00. The van der Waals surface area contributed by atoms with E-state index in [1.54, 1.807) is 6.92 Å². The van der Waals surface area contributed by atoms with Gasteiger partial charge in [0.25, 0.3) is 0 Å². The minimum absolute atomic E-state index is 0.196. The van der Waals surface area contributed by atoms with Crippen LogP contribution in [-0.2, 0) is 4.74 Å². The van der Waals surface area contributed by atoms with Gasteiger partial charge in [0, 0.05) is 6.42 Å². The molecular weight excluding hydrogens is 148 g/mol. The van der Waals surface area contributed by atoms with E-state index >= 15 is 0 Å². The summed E-state index contributed by atoms with van der Waals surface area (Å²) in [5.41, 5.74) is 0. The fourth-order valence-corrected chi connectivity index (χ4v) is 1.21. The van der Waals surface area contributed by atoms with Gasteiger partial charge in [-0.1, -0.05) is 0 Å². The number of aliphatic hydroxyl groups excluding tert-OH is 3. The quantitative estimate of drug-likeness (QED) is 0.456. The summed E-state index contributed by atoms with van der Waals surface area (Å²) in [6.07, 6.45) is -1.91. The van der Waals surface area contributed by atoms with Crippen LogP contribution in [0, 0.1) is 0 Å². The van der Waals surface area contributed by atoms with Crippen molar-refractivity contribution in [2.75, 3.05) is 6.61 Å². The van der Waals surface area contributed by atoms with Crippen LogP contribution in [0.5, 0.6) is 0 Å². The maximum absolute atomic E-state index is 9.21. The van der Waals surface area contributed by atoms with Gasteiger partial charge in [-0.15, -0.1) is 0 Å². The molecule has 3 N–H and O–H groups in total. The molecule has 4 nitrogen and oxygen atoms in total. The van der Waals surface area contributed by atoms with Crippen molar-refractivity contribution in [3.63, 3.8) is 0 Å². The van der Waals surface area contributed by atoms with E-state index in [0.717, 1.165) is 0 Å². The number of hydrogen-bond donors (Lipinski definition) is 3. The first-order valence-electron chi connectivity index (χ1n) is 3.77. The summed E-state index contributed by atoms with van der Waals surface area (Å²) in [5.74, 6) is 0. The molecule has 1 heterocycles. The Morgan fingerprint density at radius 1 is 1.36 bits per heavy atom. The molecule has 1 fully saturated rings. The van der Waals surface area contributed by atoms with Gasteiger partial charge in [0.15, 0.2) is 0 Å². The highest BCUT2D eigenvalue weighted by Gasteiger charge is 2.32. The molecule has 0 aliphatic carbocycles. The lowest BCUT2D eigenvalue weighted by Gasteiger charge is -2.34. The van der Waals surface area contributed by atoms with Crippen molar-refractivity contribution in [3.8, 4) is 0 Å². The molecule has 2 unspecified atom stereocenters. The number of rotatable bonds is 1. The van der Waals surface area contributed by atoms with Gasteiger partial charge in [-0.25, -0.2) is 0 Å². The third-order valence-electron chi connectivity index (χ3n) is 2.02. The molecule has 0 aromatic carbocycles. The van der Waals surface area contributed by atoms with Crippen molar-refractivity contribution in [1.29, 1.82) is 0 Å². The molecule has 0 spiro atoms. The van der Waals surface area contributed by atoms with Crippen LogP contribution in [0.2, 0.25) is 0 Å². The molecule has 11 heavy (non-hydrogen) atoms. The van der Waals surface area contributed by atoms with Gasteiger partial charge in [-0.05, 0) is 6.92 Å². The van der Waals surface area contributed by atoms with E-state index in [0.29, 0.717) is 0 Å². The Kier molecular flexibility index (Phi) is 2.84. The third kappa shape index (κ3) is 1.90. The van der Waals surface area contributed by atoms with Crippen LogP contribution in [0.15, 0.2) is 0 Å². The van der Waals surface area contributed by atoms with Crippen molar-refractivity contribution in [2.45, 2.75) is 37.8 Å². The third-order valence-corrected chi connectivity index (χ3v) is 2.02. The van der Waals surface area contributed by atoms with E-state index in [4.69, 9.17) is 9.84 Å². The van der Waals surface area contributed by atoms with Crippen LogP contribution in [0.3, 0.4) is 0 Å². The standard InChI is InChI=1S/C7H14O4/c1-4-5(9)2-6(10)7(3-8)11-4/h4-10H,2-3H2,1H3/t4-,5?,6+,7?/m0/s1. The summed E-state index contributed by atoms with van der Waals surface area (Å²) in [6, 6.07) is 0. The Labute approximate surface area is 65.4 Å². The second kappa shape index (κ2) is 3.49.